The number of sulfonamides is 1. The van der Waals surface area contributed by atoms with E-state index in [0.29, 0.717) is 30.7 Å². The van der Waals surface area contributed by atoms with Gasteiger partial charge in [-0.15, -0.1) is 11.8 Å². The summed E-state index contributed by atoms with van der Waals surface area (Å²) >= 11 is 1.51. The summed E-state index contributed by atoms with van der Waals surface area (Å²) in [4.78, 5) is 24.9. The van der Waals surface area contributed by atoms with Gasteiger partial charge in [-0.1, -0.05) is 0 Å². The maximum absolute atomic E-state index is 13.2. The Hall–Kier alpha value is -1.58. The van der Waals surface area contributed by atoms with E-state index in [1.165, 1.54) is 28.2 Å². The van der Waals surface area contributed by atoms with Crippen molar-refractivity contribution in [2.24, 2.45) is 0 Å². The van der Waals surface area contributed by atoms with E-state index in [0.717, 1.165) is 11.3 Å². The number of ether oxygens (including phenoxy) is 1. The number of amides is 1. The first kappa shape index (κ1) is 19.2. The van der Waals surface area contributed by atoms with Crippen LogP contribution in [0.5, 0.6) is 0 Å². The molecule has 0 bridgehead atoms. The molecule has 1 aromatic rings. The number of piperidine rings is 1. The third-order valence-corrected chi connectivity index (χ3v) is 7.41. The Balaban J connectivity index is 1.93. The van der Waals surface area contributed by atoms with Crippen LogP contribution in [0.25, 0.3) is 0 Å². The second kappa shape index (κ2) is 7.98. The van der Waals surface area contributed by atoms with Crippen LogP contribution in [-0.2, 0) is 24.3 Å². The lowest BCUT2D eigenvalue weighted by atomic mass is 10.1. The lowest BCUT2D eigenvalue weighted by Crippen LogP contribution is -2.48. The standard InChI is InChI=1S/C17H22N2O5S2/c1-2-24-17(21)14-5-3-4-9-19(14)26(22,23)12-6-7-15-13(11-12)18-16(20)8-10-25-15/h6-7,11,14H,2-5,8-10H2,1H3,(H,18,20). The number of thioether (sulfide) groups is 1. The first-order valence-electron chi connectivity index (χ1n) is 8.68. The predicted octanol–water partition coefficient (Wildman–Crippen LogP) is 2.23. The number of rotatable bonds is 4. The van der Waals surface area contributed by atoms with E-state index in [9.17, 15) is 18.0 Å². The molecule has 1 aromatic carbocycles. The second-order valence-electron chi connectivity index (χ2n) is 6.18. The van der Waals surface area contributed by atoms with Crippen molar-refractivity contribution in [1.29, 1.82) is 0 Å². The SMILES string of the molecule is CCOC(=O)C1CCCCN1S(=O)(=O)c1ccc2c(c1)NC(=O)CCS2. The number of carbonyl (C=O) groups is 2. The smallest absolute Gasteiger partial charge is 0.324 e. The van der Waals surface area contributed by atoms with Crippen molar-refractivity contribution in [3.8, 4) is 0 Å². The van der Waals surface area contributed by atoms with Gasteiger partial charge in [0, 0.05) is 23.6 Å². The highest BCUT2D eigenvalue weighted by Gasteiger charge is 2.38. The minimum atomic E-state index is -3.87. The van der Waals surface area contributed by atoms with Gasteiger partial charge in [-0.2, -0.15) is 4.31 Å². The molecule has 26 heavy (non-hydrogen) atoms. The van der Waals surface area contributed by atoms with E-state index in [4.69, 9.17) is 4.74 Å². The Morgan fingerprint density at radius 1 is 1.38 bits per heavy atom. The molecule has 1 saturated heterocycles. The molecule has 1 atom stereocenters. The highest BCUT2D eigenvalue weighted by atomic mass is 32.2. The molecule has 2 heterocycles. The molecular weight excluding hydrogens is 376 g/mol. The second-order valence-corrected chi connectivity index (χ2v) is 9.21. The van der Waals surface area contributed by atoms with E-state index in [1.54, 1.807) is 13.0 Å². The number of benzene rings is 1. The summed E-state index contributed by atoms with van der Waals surface area (Å²) in [5.41, 5.74) is 0.503. The number of esters is 1. The van der Waals surface area contributed by atoms with Crippen molar-refractivity contribution in [2.75, 3.05) is 24.2 Å². The van der Waals surface area contributed by atoms with Gasteiger partial charge in [-0.25, -0.2) is 8.42 Å². The summed E-state index contributed by atoms with van der Waals surface area (Å²) in [5.74, 6) is 0.0182. The largest absolute Gasteiger partial charge is 0.465 e. The first-order chi connectivity index (χ1) is 12.4. The molecule has 1 unspecified atom stereocenters. The van der Waals surface area contributed by atoms with Gasteiger partial charge in [0.05, 0.1) is 17.2 Å². The minimum absolute atomic E-state index is 0.0789. The van der Waals surface area contributed by atoms with E-state index >= 15 is 0 Å². The highest BCUT2D eigenvalue weighted by Crippen LogP contribution is 2.34. The third-order valence-electron chi connectivity index (χ3n) is 4.43. The normalized spacial score (nSPS) is 21.4. The average molecular weight is 399 g/mol. The molecule has 9 heteroatoms. The highest BCUT2D eigenvalue weighted by molar-refractivity contribution is 7.99. The van der Waals surface area contributed by atoms with E-state index in [2.05, 4.69) is 5.32 Å². The van der Waals surface area contributed by atoms with Gasteiger partial charge in [-0.3, -0.25) is 9.59 Å². The van der Waals surface area contributed by atoms with Crippen LogP contribution in [0.15, 0.2) is 28.0 Å². The van der Waals surface area contributed by atoms with Crippen molar-refractivity contribution in [2.45, 2.75) is 48.4 Å². The molecule has 0 aromatic heterocycles. The van der Waals surface area contributed by atoms with Crippen LogP contribution in [-0.4, -0.2) is 49.5 Å². The lowest BCUT2D eigenvalue weighted by molar-refractivity contribution is -0.148. The molecule has 7 nitrogen and oxygen atoms in total. The van der Waals surface area contributed by atoms with Gasteiger partial charge >= 0.3 is 5.97 Å². The summed E-state index contributed by atoms with van der Waals surface area (Å²) in [6.07, 6.45) is 2.33. The fourth-order valence-corrected chi connectivity index (χ4v) is 5.77. The number of fused-ring (bicyclic) bond motifs is 1. The lowest BCUT2D eigenvalue weighted by Gasteiger charge is -2.33. The first-order valence-corrected chi connectivity index (χ1v) is 11.1. The number of nitrogens with one attached hydrogen (secondary N) is 1. The van der Waals surface area contributed by atoms with Crippen molar-refractivity contribution in [1.82, 2.24) is 4.31 Å². The van der Waals surface area contributed by atoms with Crippen LogP contribution in [0.1, 0.15) is 32.6 Å². The zero-order valence-electron chi connectivity index (χ0n) is 14.6. The zero-order valence-corrected chi connectivity index (χ0v) is 16.2. The van der Waals surface area contributed by atoms with Crippen LogP contribution < -0.4 is 5.32 Å². The van der Waals surface area contributed by atoms with Gasteiger partial charge in [0.2, 0.25) is 15.9 Å². The van der Waals surface area contributed by atoms with Gasteiger partial charge in [0.15, 0.2) is 0 Å². The fourth-order valence-electron chi connectivity index (χ4n) is 3.16. The monoisotopic (exact) mass is 398 g/mol. The molecule has 1 amide bonds. The molecule has 0 aliphatic carbocycles. The van der Waals surface area contributed by atoms with Crippen molar-refractivity contribution in [3.63, 3.8) is 0 Å². The molecule has 0 saturated carbocycles. The van der Waals surface area contributed by atoms with Gasteiger partial charge in [-0.05, 0) is 44.4 Å². The van der Waals surface area contributed by atoms with Crippen LogP contribution in [0.3, 0.4) is 0 Å². The number of nitrogens with zero attached hydrogens (tertiary/aromatic N) is 1. The maximum Gasteiger partial charge on any atom is 0.324 e. The molecule has 2 aliphatic rings. The molecule has 142 valence electrons. The molecule has 0 radical (unpaired) electrons. The number of anilines is 1. The Labute approximate surface area is 157 Å². The fraction of sp³-hybridized carbons (Fsp3) is 0.529. The van der Waals surface area contributed by atoms with E-state index in [-0.39, 0.29) is 24.0 Å². The summed E-state index contributed by atoms with van der Waals surface area (Å²) < 4.78 is 32.6. The minimum Gasteiger partial charge on any atom is -0.465 e. The average Bonchev–Trinajstić information content (AvgIpc) is 2.81. The summed E-state index contributed by atoms with van der Waals surface area (Å²) in [5, 5.41) is 2.76. The third kappa shape index (κ3) is 3.89. The summed E-state index contributed by atoms with van der Waals surface area (Å²) in [6, 6.07) is 3.94. The van der Waals surface area contributed by atoms with Crippen LogP contribution >= 0.6 is 11.8 Å². The van der Waals surface area contributed by atoms with Crippen LogP contribution in [0, 0.1) is 0 Å². The molecule has 0 spiro atoms. The summed E-state index contributed by atoms with van der Waals surface area (Å²) in [6.45, 7) is 2.20. The van der Waals surface area contributed by atoms with Gasteiger partial charge in [0.25, 0.3) is 0 Å². The Kier molecular flexibility index (Phi) is 5.89. The maximum atomic E-state index is 13.2. The Morgan fingerprint density at radius 3 is 2.96 bits per heavy atom. The topological polar surface area (TPSA) is 92.8 Å². The predicted molar refractivity (Wildman–Crippen MR) is 98.6 cm³/mol. The molecule has 3 rings (SSSR count). The molecule has 1 fully saturated rings. The van der Waals surface area contributed by atoms with Crippen LogP contribution in [0.2, 0.25) is 0 Å². The Bertz CT molecular complexity index is 809. The molecule has 2 aliphatic heterocycles. The van der Waals surface area contributed by atoms with E-state index < -0.39 is 22.0 Å². The quantitative estimate of drug-likeness (QED) is 0.782. The number of carbonyl (C=O) groups excluding carboxylic acids is 2. The number of hydrogen-bond acceptors (Lipinski definition) is 6. The number of hydrogen-bond donors (Lipinski definition) is 1. The van der Waals surface area contributed by atoms with Crippen molar-refractivity contribution < 1.29 is 22.7 Å². The Morgan fingerprint density at radius 2 is 2.19 bits per heavy atom. The van der Waals surface area contributed by atoms with Crippen molar-refractivity contribution in [3.05, 3.63) is 18.2 Å². The van der Waals surface area contributed by atoms with Crippen LogP contribution in [0.4, 0.5) is 5.69 Å². The van der Waals surface area contributed by atoms with Crippen molar-refractivity contribution >= 4 is 39.3 Å². The van der Waals surface area contributed by atoms with Gasteiger partial charge < -0.3 is 10.1 Å². The van der Waals surface area contributed by atoms with E-state index in [1.807, 2.05) is 0 Å². The van der Waals surface area contributed by atoms with Gasteiger partial charge in [0.1, 0.15) is 6.04 Å². The zero-order chi connectivity index (χ0) is 18.7. The molecule has 1 N–H and O–H groups in total. The summed E-state index contributed by atoms with van der Waals surface area (Å²) in [7, 11) is -3.87. The molecular formula is C17H22N2O5S2.